The summed E-state index contributed by atoms with van der Waals surface area (Å²) in [5.41, 5.74) is 1.31. The van der Waals surface area contributed by atoms with Crippen LogP contribution >= 0.6 is 0 Å². The summed E-state index contributed by atoms with van der Waals surface area (Å²) in [6.45, 7) is 0. The molecule has 3 aromatic rings. The molecular formula is C27H24N4O5. The summed E-state index contributed by atoms with van der Waals surface area (Å²) in [4.78, 5) is 40.9. The van der Waals surface area contributed by atoms with E-state index >= 15 is 0 Å². The van der Waals surface area contributed by atoms with Crippen molar-refractivity contribution in [3.8, 4) is 5.75 Å². The SMILES string of the molecule is O=C1N[C@@H](C[C@@]2(O)c3ccccc3N3C(=O)c4ccccc4N[C@@H]32)C(=O)N[C@H]1Cc1ccc(O)cc1. The minimum atomic E-state index is -1.64. The fourth-order valence-electron chi connectivity index (χ4n) is 5.40. The number of nitrogens with one attached hydrogen (secondary N) is 3. The van der Waals surface area contributed by atoms with Gasteiger partial charge in [-0.1, -0.05) is 42.5 Å². The molecule has 0 radical (unpaired) electrons. The van der Waals surface area contributed by atoms with Crippen LogP contribution in [0.25, 0.3) is 0 Å². The second kappa shape index (κ2) is 8.10. The number of anilines is 2. The molecule has 0 unspecified atom stereocenters. The Hall–Kier alpha value is -4.37. The number of aliphatic hydroxyl groups is 1. The lowest BCUT2D eigenvalue weighted by Gasteiger charge is -2.41. The monoisotopic (exact) mass is 484 g/mol. The van der Waals surface area contributed by atoms with Gasteiger partial charge in [0, 0.05) is 24.1 Å². The number of amides is 3. The summed E-state index contributed by atoms with van der Waals surface area (Å²) in [7, 11) is 0. The number of benzene rings is 3. The van der Waals surface area contributed by atoms with Crippen molar-refractivity contribution in [1.29, 1.82) is 0 Å². The molecule has 1 saturated heterocycles. The van der Waals surface area contributed by atoms with Crippen LogP contribution in [0.3, 0.4) is 0 Å². The average Bonchev–Trinajstić information content (AvgIpc) is 3.12. The third-order valence-electron chi connectivity index (χ3n) is 7.17. The van der Waals surface area contributed by atoms with Crippen LogP contribution in [0.15, 0.2) is 72.8 Å². The topological polar surface area (TPSA) is 131 Å². The number of carbonyl (C=O) groups excluding carboxylic acids is 3. The third kappa shape index (κ3) is 3.39. The lowest BCUT2D eigenvalue weighted by molar-refractivity contribution is -0.138. The molecule has 36 heavy (non-hydrogen) atoms. The molecule has 3 aromatic carbocycles. The fraction of sp³-hybridized carbons (Fsp3) is 0.222. The number of rotatable bonds is 4. The van der Waals surface area contributed by atoms with E-state index < -0.39 is 29.8 Å². The highest BCUT2D eigenvalue weighted by atomic mass is 16.3. The van der Waals surface area contributed by atoms with Crippen molar-refractivity contribution >= 4 is 29.1 Å². The van der Waals surface area contributed by atoms with Crippen molar-refractivity contribution in [2.45, 2.75) is 36.7 Å². The summed E-state index contributed by atoms with van der Waals surface area (Å²) in [5.74, 6) is -0.904. The van der Waals surface area contributed by atoms with E-state index in [1.54, 1.807) is 60.7 Å². The van der Waals surface area contributed by atoms with Crippen LogP contribution in [0.1, 0.15) is 27.9 Å². The lowest BCUT2D eigenvalue weighted by Crippen LogP contribution is -2.65. The first kappa shape index (κ1) is 22.1. The molecule has 5 N–H and O–H groups in total. The van der Waals surface area contributed by atoms with Crippen LogP contribution in [-0.4, -0.2) is 46.2 Å². The van der Waals surface area contributed by atoms with Gasteiger partial charge >= 0.3 is 0 Å². The zero-order chi connectivity index (χ0) is 25.0. The highest BCUT2D eigenvalue weighted by Gasteiger charge is 2.56. The van der Waals surface area contributed by atoms with Crippen LogP contribution in [0.2, 0.25) is 0 Å². The standard InChI is InChI=1S/C27H24N4O5/c32-16-11-9-15(10-12-16)13-20-23(33)29-21(24(34)28-20)14-27(36)18-6-2-4-8-22(18)31-25(35)17-5-1-3-7-19(17)30-26(27)31/h1-12,20-21,26,30,32,36H,13-14H2,(H,28,34)(H,29,33)/t20-,21-,26-,27+/m0/s1. The van der Waals surface area contributed by atoms with E-state index in [0.29, 0.717) is 22.5 Å². The Morgan fingerprint density at radius 2 is 1.47 bits per heavy atom. The van der Waals surface area contributed by atoms with Crippen LogP contribution in [-0.2, 0) is 21.6 Å². The van der Waals surface area contributed by atoms with Crippen LogP contribution in [0, 0.1) is 0 Å². The van der Waals surface area contributed by atoms with E-state index in [-0.39, 0.29) is 30.4 Å². The molecular weight excluding hydrogens is 460 g/mol. The van der Waals surface area contributed by atoms with Crippen LogP contribution in [0.5, 0.6) is 5.75 Å². The molecule has 0 spiro atoms. The molecule has 3 aliphatic rings. The maximum absolute atomic E-state index is 13.4. The van der Waals surface area contributed by atoms with E-state index in [1.165, 1.54) is 17.0 Å². The Labute approximate surface area is 206 Å². The molecule has 4 atom stereocenters. The van der Waals surface area contributed by atoms with Gasteiger partial charge in [0.15, 0.2) is 0 Å². The number of hydrogen-bond donors (Lipinski definition) is 5. The largest absolute Gasteiger partial charge is 0.508 e. The summed E-state index contributed by atoms with van der Waals surface area (Å²) in [6, 6.07) is 18.8. The van der Waals surface area contributed by atoms with E-state index in [1.807, 2.05) is 0 Å². The van der Waals surface area contributed by atoms with Gasteiger partial charge in [-0.3, -0.25) is 19.3 Å². The molecule has 0 aliphatic carbocycles. The number of piperazine rings is 1. The molecule has 9 nitrogen and oxygen atoms in total. The maximum Gasteiger partial charge on any atom is 0.262 e. The van der Waals surface area contributed by atoms with Crippen molar-refractivity contribution in [3.63, 3.8) is 0 Å². The second-order valence-corrected chi connectivity index (χ2v) is 9.41. The Morgan fingerprint density at radius 1 is 0.806 bits per heavy atom. The van der Waals surface area contributed by atoms with Crippen molar-refractivity contribution < 1.29 is 24.6 Å². The molecule has 0 bridgehead atoms. The number of fused-ring (bicyclic) bond motifs is 4. The molecule has 182 valence electrons. The number of carbonyl (C=O) groups is 3. The van der Waals surface area contributed by atoms with Gasteiger partial charge in [-0.2, -0.15) is 0 Å². The Morgan fingerprint density at radius 3 is 2.28 bits per heavy atom. The summed E-state index contributed by atoms with van der Waals surface area (Å²) in [5, 5.41) is 30.3. The summed E-state index contributed by atoms with van der Waals surface area (Å²) < 4.78 is 0. The first-order valence-corrected chi connectivity index (χ1v) is 11.7. The summed E-state index contributed by atoms with van der Waals surface area (Å²) in [6.07, 6.45) is -0.713. The van der Waals surface area contributed by atoms with E-state index in [0.717, 1.165) is 5.56 Å². The lowest BCUT2D eigenvalue weighted by atomic mass is 9.84. The fourth-order valence-corrected chi connectivity index (χ4v) is 5.40. The first-order valence-electron chi connectivity index (χ1n) is 11.7. The van der Waals surface area contributed by atoms with Crippen molar-refractivity contribution in [1.82, 2.24) is 10.6 Å². The number of phenols is 1. The highest BCUT2D eigenvalue weighted by Crippen LogP contribution is 2.49. The van der Waals surface area contributed by atoms with Gasteiger partial charge in [-0.05, 0) is 35.9 Å². The number of phenolic OH excluding ortho intramolecular Hbond substituents is 1. The molecule has 3 amide bonds. The van der Waals surface area contributed by atoms with Crippen LogP contribution < -0.4 is 20.9 Å². The molecule has 6 rings (SSSR count). The van der Waals surface area contributed by atoms with Gasteiger partial charge < -0.3 is 26.2 Å². The average molecular weight is 485 g/mol. The molecule has 1 fully saturated rings. The van der Waals surface area contributed by atoms with Crippen molar-refractivity contribution in [3.05, 3.63) is 89.5 Å². The molecule has 3 aliphatic heterocycles. The predicted molar refractivity (Wildman–Crippen MR) is 131 cm³/mol. The molecule has 0 saturated carbocycles. The van der Waals surface area contributed by atoms with E-state index in [9.17, 15) is 24.6 Å². The smallest absolute Gasteiger partial charge is 0.262 e. The quantitative estimate of drug-likeness (QED) is 0.383. The van der Waals surface area contributed by atoms with E-state index in [4.69, 9.17) is 0 Å². The predicted octanol–water partition coefficient (Wildman–Crippen LogP) is 1.61. The Bertz CT molecular complexity index is 1390. The zero-order valence-corrected chi connectivity index (χ0v) is 19.1. The number of hydrogen-bond acceptors (Lipinski definition) is 6. The van der Waals surface area contributed by atoms with Crippen molar-refractivity contribution in [2.24, 2.45) is 0 Å². The van der Waals surface area contributed by atoms with Crippen LogP contribution in [0.4, 0.5) is 11.4 Å². The summed E-state index contributed by atoms with van der Waals surface area (Å²) >= 11 is 0. The van der Waals surface area contributed by atoms with Gasteiger partial charge in [0.05, 0.1) is 11.3 Å². The van der Waals surface area contributed by atoms with Gasteiger partial charge in [0.25, 0.3) is 5.91 Å². The number of nitrogens with zero attached hydrogens (tertiary/aromatic N) is 1. The van der Waals surface area contributed by atoms with E-state index in [2.05, 4.69) is 16.0 Å². The molecule has 9 heteroatoms. The Kier molecular flexibility index (Phi) is 4.97. The van der Waals surface area contributed by atoms with Crippen molar-refractivity contribution in [2.75, 3.05) is 10.2 Å². The zero-order valence-electron chi connectivity index (χ0n) is 19.1. The second-order valence-electron chi connectivity index (χ2n) is 9.41. The third-order valence-corrected chi connectivity index (χ3v) is 7.17. The minimum absolute atomic E-state index is 0.118. The maximum atomic E-state index is 13.4. The highest BCUT2D eigenvalue weighted by molar-refractivity contribution is 6.13. The minimum Gasteiger partial charge on any atom is -0.508 e. The molecule has 3 heterocycles. The normalized spacial score (nSPS) is 26.3. The first-order chi connectivity index (χ1) is 17.3. The number of aromatic hydroxyl groups is 1. The van der Waals surface area contributed by atoms with Gasteiger partial charge in [0.2, 0.25) is 11.8 Å². The number of para-hydroxylation sites is 2. The van der Waals surface area contributed by atoms with Gasteiger partial charge in [0.1, 0.15) is 29.6 Å². The Balaban J connectivity index is 1.28. The van der Waals surface area contributed by atoms with Gasteiger partial charge in [-0.15, -0.1) is 0 Å². The van der Waals surface area contributed by atoms with Gasteiger partial charge in [-0.25, -0.2) is 0 Å². The molecule has 0 aromatic heterocycles.